The Balaban J connectivity index is 0.000000290. The summed E-state index contributed by atoms with van der Waals surface area (Å²) in [5.41, 5.74) is 3.08. The quantitative estimate of drug-likeness (QED) is 0.103. The molecule has 0 saturated carbocycles. The molecule has 2 fully saturated rings. The average molecular weight is 978 g/mol. The summed E-state index contributed by atoms with van der Waals surface area (Å²) in [4.78, 5) is 38.5. The molecule has 0 unspecified atom stereocenters. The Morgan fingerprint density at radius 3 is 1.55 bits per heavy atom. The molecule has 0 aliphatic carbocycles. The van der Waals surface area contributed by atoms with Gasteiger partial charge >= 0.3 is 18.3 Å². The summed E-state index contributed by atoms with van der Waals surface area (Å²) in [6.07, 6.45) is 1.05. The van der Waals surface area contributed by atoms with E-state index in [0.717, 1.165) is 59.9 Å². The second-order valence-corrected chi connectivity index (χ2v) is 19.1. The van der Waals surface area contributed by atoms with Gasteiger partial charge in [-0.15, -0.1) is 12.4 Å². The van der Waals surface area contributed by atoms with E-state index in [1.54, 1.807) is 21.7 Å². The van der Waals surface area contributed by atoms with Crippen molar-refractivity contribution in [2.45, 2.75) is 119 Å². The molecule has 4 aromatic rings. The van der Waals surface area contributed by atoms with E-state index in [-0.39, 0.29) is 30.7 Å². The van der Waals surface area contributed by atoms with Gasteiger partial charge in [-0.1, -0.05) is 50.9 Å². The first-order valence-electron chi connectivity index (χ1n) is 22.4. The van der Waals surface area contributed by atoms with Gasteiger partial charge in [-0.25, -0.2) is 14.4 Å². The predicted molar refractivity (Wildman–Crippen MR) is 260 cm³/mol. The number of ether oxygens (including phenoxy) is 5. The summed E-state index contributed by atoms with van der Waals surface area (Å²) < 4.78 is 31.9. The summed E-state index contributed by atoms with van der Waals surface area (Å²) in [6.45, 7) is 22.6. The summed E-state index contributed by atoms with van der Waals surface area (Å²) in [5, 5.41) is 19.0. The third kappa shape index (κ3) is 17.7. The first kappa shape index (κ1) is 53.7. The van der Waals surface area contributed by atoms with Crippen LogP contribution in [0.3, 0.4) is 0 Å². The van der Waals surface area contributed by atoms with Crippen LogP contribution in [0.25, 0.3) is 0 Å². The predicted octanol–water partition coefficient (Wildman–Crippen LogP) is 10.5. The van der Waals surface area contributed by atoms with Crippen LogP contribution in [0.1, 0.15) is 96.7 Å². The van der Waals surface area contributed by atoms with Gasteiger partial charge in [0.15, 0.2) is 11.6 Å². The van der Waals surface area contributed by atoms with E-state index >= 15 is 0 Å². The van der Waals surface area contributed by atoms with E-state index in [1.807, 2.05) is 75.7 Å². The molecule has 0 radical (unpaired) electrons. The summed E-state index contributed by atoms with van der Waals surface area (Å²) in [5.74, 6) is 3.23. The molecule has 0 bridgehead atoms. The Morgan fingerprint density at radius 2 is 1.14 bits per heavy atom. The van der Waals surface area contributed by atoms with Gasteiger partial charge in [-0.05, 0) is 109 Å². The first-order chi connectivity index (χ1) is 30.8. The molecular formula is C47H67Cl3N8O8. The Labute approximate surface area is 405 Å². The minimum Gasteiger partial charge on any atom is -0.493 e. The van der Waals surface area contributed by atoms with Crippen LogP contribution >= 0.6 is 35.6 Å². The van der Waals surface area contributed by atoms with Crippen LogP contribution < -0.4 is 25.4 Å². The standard InChI is InChI=1S/C26H37ClN4O5.C21H29ClN4O3.ClH/c1-17(2)16-34-22-8-7-20(27)14-19(22)15-31-18(3)13-23(29-31)28-24(32)35-21-9-11-30(12-10-21)25(33)36-26(4,5)6;1-14(2)13-28-19-5-4-17(22)11-16(19)12-26-15(3)10-20(25-26)24-21(27)29-18-6-8-23-9-7-18;/h7-8,13-14,17,21H,9-12,15-16H2,1-6H3,(H,28,29,32);4-5,10-11,14,18,23H,6-9,12-13H2,1-3H3,(H,24,25,27);1H. The van der Waals surface area contributed by atoms with E-state index in [2.05, 4.69) is 53.8 Å². The van der Waals surface area contributed by atoms with Crippen LogP contribution in [0.2, 0.25) is 10.0 Å². The zero-order valence-electron chi connectivity index (χ0n) is 39.6. The summed E-state index contributed by atoms with van der Waals surface area (Å²) in [7, 11) is 0. The largest absolute Gasteiger partial charge is 0.493 e. The van der Waals surface area contributed by atoms with Crippen molar-refractivity contribution >= 4 is 65.5 Å². The lowest BCUT2D eigenvalue weighted by Gasteiger charge is -2.33. The number of likely N-dealkylation sites (tertiary alicyclic amines) is 1. The minimum atomic E-state index is -0.570. The van der Waals surface area contributed by atoms with Crippen molar-refractivity contribution in [2.75, 3.05) is 50.0 Å². The van der Waals surface area contributed by atoms with Gasteiger partial charge in [-0.2, -0.15) is 10.2 Å². The molecule has 2 aromatic carbocycles. The number of carbonyl (C=O) groups excluding carboxylic acids is 3. The molecule has 0 spiro atoms. The highest BCUT2D eigenvalue weighted by molar-refractivity contribution is 6.31. The lowest BCUT2D eigenvalue weighted by atomic mass is 10.1. The van der Waals surface area contributed by atoms with Crippen LogP contribution in [-0.2, 0) is 27.3 Å². The number of hydrogen-bond acceptors (Lipinski definition) is 11. The van der Waals surface area contributed by atoms with Gasteiger partial charge in [0.1, 0.15) is 29.3 Å². The molecule has 0 atom stereocenters. The maximum atomic E-state index is 12.5. The molecule has 2 aliphatic heterocycles. The number of aromatic nitrogens is 4. The molecule has 66 heavy (non-hydrogen) atoms. The van der Waals surface area contributed by atoms with Crippen molar-refractivity contribution < 1.29 is 38.1 Å². The van der Waals surface area contributed by atoms with Crippen LogP contribution in [0.15, 0.2) is 48.5 Å². The van der Waals surface area contributed by atoms with Crippen LogP contribution in [-0.4, -0.2) is 99.9 Å². The van der Waals surface area contributed by atoms with Crippen LogP contribution in [0.4, 0.5) is 26.0 Å². The number of nitrogens with zero attached hydrogens (tertiary/aromatic N) is 5. The van der Waals surface area contributed by atoms with Gasteiger partial charge in [0.2, 0.25) is 0 Å². The fourth-order valence-electron chi connectivity index (χ4n) is 6.89. The van der Waals surface area contributed by atoms with Crippen molar-refractivity contribution in [1.29, 1.82) is 0 Å². The van der Waals surface area contributed by atoms with Gasteiger partial charge in [0.05, 0.1) is 26.3 Å². The van der Waals surface area contributed by atoms with Crippen LogP contribution in [0, 0.1) is 25.7 Å². The van der Waals surface area contributed by atoms with E-state index < -0.39 is 17.8 Å². The van der Waals surface area contributed by atoms with Crippen LogP contribution in [0.5, 0.6) is 11.5 Å². The monoisotopic (exact) mass is 976 g/mol. The highest BCUT2D eigenvalue weighted by atomic mass is 35.5. The number of hydrogen-bond donors (Lipinski definition) is 3. The van der Waals surface area contributed by atoms with Crippen molar-refractivity contribution in [2.24, 2.45) is 11.8 Å². The zero-order chi connectivity index (χ0) is 47.3. The number of piperidine rings is 2. The maximum absolute atomic E-state index is 12.5. The Bertz CT molecular complexity index is 2190. The van der Waals surface area contributed by atoms with Gasteiger partial charge in [0, 0.05) is 70.6 Å². The molecule has 4 heterocycles. The number of halogens is 3. The second-order valence-electron chi connectivity index (χ2n) is 18.2. The maximum Gasteiger partial charge on any atom is 0.413 e. The van der Waals surface area contributed by atoms with Gasteiger partial charge in [0.25, 0.3) is 0 Å². The fraction of sp³-hybridized carbons (Fsp3) is 0.553. The number of rotatable bonds is 14. The molecule has 3 amide bonds. The number of anilines is 2. The number of nitrogens with one attached hydrogen (secondary N) is 3. The third-order valence-electron chi connectivity index (χ3n) is 10.2. The molecule has 6 rings (SSSR count). The summed E-state index contributed by atoms with van der Waals surface area (Å²) in [6, 6.07) is 14.7. The van der Waals surface area contributed by atoms with E-state index in [0.29, 0.717) is 85.8 Å². The molecule has 364 valence electrons. The lowest BCUT2D eigenvalue weighted by Crippen LogP contribution is -2.44. The van der Waals surface area contributed by atoms with Crippen molar-refractivity contribution in [1.82, 2.24) is 29.8 Å². The average Bonchev–Trinajstić information content (AvgIpc) is 3.75. The minimum absolute atomic E-state index is 0. The van der Waals surface area contributed by atoms with Crippen molar-refractivity contribution in [3.8, 4) is 11.5 Å². The van der Waals surface area contributed by atoms with Gasteiger partial charge < -0.3 is 33.9 Å². The third-order valence-corrected chi connectivity index (χ3v) is 10.6. The molecule has 2 aromatic heterocycles. The number of aryl methyl sites for hydroxylation is 2. The lowest BCUT2D eigenvalue weighted by molar-refractivity contribution is 0.00791. The molecule has 16 nitrogen and oxygen atoms in total. The van der Waals surface area contributed by atoms with Crippen molar-refractivity contribution in [3.63, 3.8) is 0 Å². The zero-order valence-corrected chi connectivity index (χ0v) is 41.9. The number of benzene rings is 2. The first-order valence-corrected chi connectivity index (χ1v) is 23.1. The Hall–Kier alpha value is -4.90. The van der Waals surface area contributed by atoms with Crippen molar-refractivity contribution in [3.05, 3.63) is 81.1 Å². The molecule has 2 saturated heterocycles. The highest BCUT2D eigenvalue weighted by Gasteiger charge is 2.29. The molecule has 3 N–H and O–H groups in total. The smallest absolute Gasteiger partial charge is 0.413 e. The SMILES string of the molecule is Cc1cc(NC(=O)OC2CCN(C(=O)OC(C)(C)C)CC2)nn1Cc1cc(Cl)ccc1OCC(C)C.Cc1cc(NC(=O)OC2CCNCC2)nn1Cc1cc(Cl)ccc1OCC(C)C.Cl. The Morgan fingerprint density at radius 1 is 0.712 bits per heavy atom. The topological polar surface area (TPSA) is 172 Å². The molecule has 19 heteroatoms. The molecule has 2 aliphatic rings. The van der Waals surface area contributed by atoms with Gasteiger partial charge in [-0.3, -0.25) is 20.0 Å². The summed E-state index contributed by atoms with van der Waals surface area (Å²) >= 11 is 12.4. The number of amides is 3. The Kier molecular flexibility index (Phi) is 20.6. The fourth-order valence-corrected chi connectivity index (χ4v) is 7.28. The number of carbonyl (C=O) groups is 3. The normalized spacial score (nSPS) is 14.5. The van der Waals surface area contributed by atoms with E-state index in [1.165, 1.54) is 0 Å². The highest BCUT2D eigenvalue weighted by Crippen LogP contribution is 2.27. The second kappa shape index (κ2) is 25.3. The van der Waals surface area contributed by atoms with E-state index in [4.69, 9.17) is 46.9 Å². The molecular weight excluding hydrogens is 911 g/mol. The van der Waals surface area contributed by atoms with E-state index in [9.17, 15) is 14.4 Å².